The Morgan fingerprint density at radius 3 is 1.95 bits per heavy atom. The van der Waals surface area contributed by atoms with Gasteiger partial charge in [0, 0.05) is 0 Å². The SMILES string of the molecule is Cc1nc2ccccc2nc1-c1cnc2ccccc2n1. The number of hydrogen-bond acceptors (Lipinski definition) is 4. The molecule has 100 valence electrons. The van der Waals surface area contributed by atoms with E-state index in [2.05, 4.69) is 19.9 Å². The van der Waals surface area contributed by atoms with Crippen LogP contribution in [0.1, 0.15) is 5.69 Å². The van der Waals surface area contributed by atoms with Gasteiger partial charge in [-0.3, -0.25) is 4.98 Å². The molecule has 4 rings (SSSR count). The van der Waals surface area contributed by atoms with Gasteiger partial charge in [0.1, 0.15) is 11.4 Å². The minimum absolute atomic E-state index is 0.754. The molecule has 0 amide bonds. The highest BCUT2D eigenvalue weighted by Gasteiger charge is 2.10. The van der Waals surface area contributed by atoms with E-state index in [1.165, 1.54) is 0 Å². The van der Waals surface area contributed by atoms with Crippen LogP contribution in [0.3, 0.4) is 0 Å². The van der Waals surface area contributed by atoms with Crippen LogP contribution in [-0.2, 0) is 0 Å². The summed E-state index contributed by atoms with van der Waals surface area (Å²) in [6, 6.07) is 15.7. The number of benzene rings is 2. The number of rotatable bonds is 1. The van der Waals surface area contributed by atoms with Crippen LogP contribution in [0.15, 0.2) is 54.7 Å². The molecule has 2 heterocycles. The normalized spacial score (nSPS) is 11.1. The molecular formula is C17H12N4. The van der Waals surface area contributed by atoms with Gasteiger partial charge in [-0.2, -0.15) is 0 Å². The summed E-state index contributed by atoms with van der Waals surface area (Å²) in [4.78, 5) is 18.4. The van der Waals surface area contributed by atoms with Crippen molar-refractivity contribution in [1.82, 2.24) is 19.9 Å². The third kappa shape index (κ3) is 2.01. The molecule has 0 unspecified atom stereocenters. The van der Waals surface area contributed by atoms with Crippen molar-refractivity contribution in [1.29, 1.82) is 0 Å². The molecule has 0 aliphatic rings. The van der Waals surface area contributed by atoms with Gasteiger partial charge in [0.25, 0.3) is 0 Å². The number of nitrogens with zero attached hydrogens (tertiary/aromatic N) is 4. The Hall–Kier alpha value is -2.88. The lowest BCUT2D eigenvalue weighted by Gasteiger charge is -2.06. The zero-order valence-electron chi connectivity index (χ0n) is 11.5. The maximum absolute atomic E-state index is 4.69. The third-order valence-electron chi connectivity index (χ3n) is 3.44. The van der Waals surface area contributed by atoms with E-state index in [0.717, 1.165) is 39.1 Å². The van der Waals surface area contributed by atoms with E-state index in [0.29, 0.717) is 0 Å². The Morgan fingerprint density at radius 1 is 0.667 bits per heavy atom. The first kappa shape index (κ1) is 11.9. The van der Waals surface area contributed by atoms with E-state index < -0.39 is 0 Å². The van der Waals surface area contributed by atoms with Crippen molar-refractivity contribution in [3.63, 3.8) is 0 Å². The van der Waals surface area contributed by atoms with Crippen molar-refractivity contribution in [3.05, 3.63) is 60.4 Å². The number of aryl methyl sites for hydroxylation is 1. The maximum atomic E-state index is 4.69. The molecule has 0 radical (unpaired) electrons. The zero-order valence-corrected chi connectivity index (χ0v) is 11.5. The predicted molar refractivity (Wildman–Crippen MR) is 82.8 cm³/mol. The van der Waals surface area contributed by atoms with Crippen LogP contribution in [0.25, 0.3) is 33.5 Å². The second-order valence-corrected chi connectivity index (χ2v) is 4.89. The highest BCUT2D eigenvalue weighted by atomic mass is 14.9. The van der Waals surface area contributed by atoms with Gasteiger partial charge in [0.05, 0.1) is 34.0 Å². The Bertz CT molecular complexity index is 963. The molecule has 0 spiro atoms. The van der Waals surface area contributed by atoms with Crippen molar-refractivity contribution < 1.29 is 0 Å². The molecule has 0 aliphatic heterocycles. The van der Waals surface area contributed by atoms with Crippen LogP contribution < -0.4 is 0 Å². The van der Waals surface area contributed by atoms with Gasteiger partial charge in [-0.1, -0.05) is 24.3 Å². The minimum Gasteiger partial charge on any atom is -0.252 e. The van der Waals surface area contributed by atoms with Gasteiger partial charge in [-0.15, -0.1) is 0 Å². The van der Waals surface area contributed by atoms with Crippen LogP contribution in [0.5, 0.6) is 0 Å². The Balaban J connectivity index is 1.96. The molecular weight excluding hydrogens is 260 g/mol. The standard InChI is InChI=1S/C17H12N4/c1-11-17(21-15-9-5-4-8-14(15)19-11)16-10-18-12-6-2-3-7-13(12)20-16/h2-10H,1H3. The molecule has 0 saturated carbocycles. The average molecular weight is 272 g/mol. The van der Waals surface area contributed by atoms with E-state index in [1.54, 1.807) is 6.20 Å². The van der Waals surface area contributed by atoms with Crippen molar-refractivity contribution in [2.45, 2.75) is 6.92 Å². The van der Waals surface area contributed by atoms with E-state index in [1.807, 2.05) is 55.5 Å². The van der Waals surface area contributed by atoms with Gasteiger partial charge in [0.15, 0.2) is 0 Å². The summed E-state index contributed by atoms with van der Waals surface area (Å²) in [5.74, 6) is 0. The van der Waals surface area contributed by atoms with E-state index in [4.69, 9.17) is 0 Å². The zero-order chi connectivity index (χ0) is 14.2. The van der Waals surface area contributed by atoms with Crippen LogP contribution in [0, 0.1) is 6.92 Å². The lowest BCUT2D eigenvalue weighted by Crippen LogP contribution is -1.97. The molecule has 0 fully saturated rings. The van der Waals surface area contributed by atoms with E-state index in [9.17, 15) is 0 Å². The van der Waals surface area contributed by atoms with E-state index in [-0.39, 0.29) is 0 Å². The minimum atomic E-state index is 0.754. The van der Waals surface area contributed by atoms with Gasteiger partial charge in [0.2, 0.25) is 0 Å². The Kier molecular flexibility index (Phi) is 2.60. The fourth-order valence-electron chi connectivity index (χ4n) is 2.40. The Morgan fingerprint density at radius 2 is 1.24 bits per heavy atom. The largest absolute Gasteiger partial charge is 0.252 e. The van der Waals surface area contributed by atoms with Crippen molar-refractivity contribution in [3.8, 4) is 11.4 Å². The molecule has 21 heavy (non-hydrogen) atoms. The van der Waals surface area contributed by atoms with Gasteiger partial charge >= 0.3 is 0 Å². The fraction of sp³-hybridized carbons (Fsp3) is 0.0588. The first-order valence-corrected chi connectivity index (χ1v) is 6.77. The lowest BCUT2D eigenvalue weighted by atomic mass is 10.2. The molecule has 2 aromatic heterocycles. The topological polar surface area (TPSA) is 51.6 Å². The van der Waals surface area contributed by atoms with Gasteiger partial charge < -0.3 is 0 Å². The highest BCUT2D eigenvalue weighted by Crippen LogP contribution is 2.22. The summed E-state index contributed by atoms with van der Waals surface area (Å²) in [5.41, 5.74) is 5.91. The molecule has 0 atom stereocenters. The predicted octanol–water partition coefficient (Wildman–Crippen LogP) is 3.55. The van der Waals surface area contributed by atoms with Gasteiger partial charge in [-0.05, 0) is 31.2 Å². The molecule has 0 aliphatic carbocycles. The smallest absolute Gasteiger partial charge is 0.112 e. The van der Waals surface area contributed by atoms with Crippen molar-refractivity contribution in [2.24, 2.45) is 0 Å². The molecule has 2 aromatic carbocycles. The molecule has 0 saturated heterocycles. The summed E-state index contributed by atoms with van der Waals surface area (Å²) in [6.45, 7) is 1.95. The number of para-hydroxylation sites is 4. The van der Waals surface area contributed by atoms with E-state index >= 15 is 0 Å². The molecule has 4 heteroatoms. The second kappa shape index (κ2) is 4.59. The molecule has 0 bridgehead atoms. The first-order chi connectivity index (χ1) is 10.3. The first-order valence-electron chi connectivity index (χ1n) is 6.77. The van der Waals surface area contributed by atoms with Crippen LogP contribution in [0.4, 0.5) is 0 Å². The lowest BCUT2D eigenvalue weighted by molar-refractivity contribution is 1.16. The maximum Gasteiger partial charge on any atom is 0.112 e. The number of fused-ring (bicyclic) bond motifs is 2. The summed E-state index contributed by atoms with van der Waals surface area (Å²) < 4.78 is 0. The number of aromatic nitrogens is 4. The van der Waals surface area contributed by atoms with Crippen LogP contribution in [0.2, 0.25) is 0 Å². The highest BCUT2D eigenvalue weighted by molar-refractivity contribution is 5.80. The number of hydrogen-bond donors (Lipinski definition) is 0. The van der Waals surface area contributed by atoms with Gasteiger partial charge in [-0.25, -0.2) is 15.0 Å². The van der Waals surface area contributed by atoms with Crippen molar-refractivity contribution in [2.75, 3.05) is 0 Å². The molecule has 4 nitrogen and oxygen atoms in total. The summed E-state index contributed by atoms with van der Waals surface area (Å²) in [5, 5.41) is 0. The fourth-order valence-corrected chi connectivity index (χ4v) is 2.40. The summed E-state index contributed by atoms with van der Waals surface area (Å²) in [6.07, 6.45) is 1.76. The Labute approximate surface area is 121 Å². The monoisotopic (exact) mass is 272 g/mol. The summed E-state index contributed by atoms with van der Waals surface area (Å²) in [7, 11) is 0. The third-order valence-corrected chi connectivity index (χ3v) is 3.44. The van der Waals surface area contributed by atoms with Crippen molar-refractivity contribution >= 4 is 22.1 Å². The average Bonchev–Trinajstić information content (AvgIpc) is 2.54. The van der Waals surface area contributed by atoms with Crippen LogP contribution >= 0.6 is 0 Å². The second-order valence-electron chi connectivity index (χ2n) is 4.89. The van der Waals surface area contributed by atoms with Crippen LogP contribution in [-0.4, -0.2) is 19.9 Å². The summed E-state index contributed by atoms with van der Waals surface area (Å²) >= 11 is 0. The quantitative estimate of drug-likeness (QED) is 0.531. The molecule has 0 N–H and O–H groups in total. The molecule has 4 aromatic rings.